The van der Waals surface area contributed by atoms with Gasteiger partial charge in [0.1, 0.15) is 0 Å². The van der Waals surface area contributed by atoms with Crippen LogP contribution in [-0.4, -0.2) is 20.9 Å². The number of nitrogens with one attached hydrogen (secondary N) is 2. The summed E-state index contributed by atoms with van der Waals surface area (Å²) in [5, 5.41) is 12.6. The molecule has 1 saturated carbocycles. The number of benzene rings is 1. The maximum atomic E-state index is 6.19. The minimum Gasteiger partial charge on any atom is -0.360 e. The van der Waals surface area contributed by atoms with Gasteiger partial charge >= 0.3 is 0 Å². The minimum absolute atomic E-state index is 0.508. The molecule has 1 aliphatic carbocycles. The fraction of sp³-hybridized carbons (Fsp3) is 0.286. The molecule has 1 aromatic carbocycles. The summed E-state index contributed by atoms with van der Waals surface area (Å²) < 4.78 is 2.64. The molecule has 0 radical (unpaired) electrons. The number of aromatic nitrogens is 2. The molecule has 1 fully saturated rings. The van der Waals surface area contributed by atoms with Gasteiger partial charge in [0, 0.05) is 22.3 Å². The Balaban J connectivity index is 1.69. The van der Waals surface area contributed by atoms with Crippen molar-refractivity contribution in [2.45, 2.75) is 25.4 Å². The van der Waals surface area contributed by atoms with E-state index in [0.29, 0.717) is 33.6 Å². The highest BCUT2D eigenvalue weighted by Crippen LogP contribution is 2.25. The van der Waals surface area contributed by atoms with E-state index in [-0.39, 0.29) is 0 Å². The van der Waals surface area contributed by atoms with Crippen LogP contribution >= 0.6 is 51.3 Å². The molecule has 3 rings (SSSR count). The quantitative estimate of drug-likeness (QED) is 0.718. The molecule has 0 atom stereocenters. The van der Waals surface area contributed by atoms with Gasteiger partial charge in [-0.2, -0.15) is 5.10 Å². The summed E-state index contributed by atoms with van der Waals surface area (Å²) in [4.78, 5) is 0. The van der Waals surface area contributed by atoms with E-state index in [2.05, 4.69) is 31.7 Å². The standard InChI is InChI=1S/C14H13BrCl2N4S/c15-11-7-21(6-8-1-2-9(16)5-12(8)17)20-13(11)19-14(22)18-10-3-4-10/h1-2,5,7,10H,3-4,6H2,(H2,18,19,20,22). The van der Waals surface area contributed by atoms with Crippen LogP contribution in [0.4, 0.5) is 5.82 Å². The van der Waals surface area contributed by atoms with Gasteiger partial charge in [-0.1, -0.05) is 29.3 Å². The van der Waals surface area contributed by atoms with Crippen LogP contribution in [0.1, 0.15) is 18.4 Å². The molecule has 8 heteroatoms. The Morgan fingerprint density at radius 3 is 2.86 bits per heavy atom. The topological polar surface area (TPSA) is 41.9 Å². The van der Waals surface area contributed by atoms with Crippen molar-refractivity contribution in [1.82, 2.24) is 15.1 Å². The third-order valence-corrected chi connectivity index (χ3v) is 4.60. The summed E-state index contributed by atoms with van der Waals surface area (Å²) in [6.07, 6.45) is 4.23. The van der Waals surface area contributed by atoms with Crippen LogP contribution in [0, 0.1) is 0 Å². The van der Waals surface area contributed by atoms with Crippen LogP contribution in [-0.2, 0) is 6.54 Å². The zero-order valence-electron chi connectivity index (χ0n) is 11.4. The molecule has 0 spiro atoms. The van der Waals surface area contributed by atoms with Crippen molar-refractivity contribution in [3.63, 3.8) is 0 Å². The Bertz CT molecular complexity index is 715. The molecule has 1 aromatic heterocycles. The smallest absolute Gasteiger partial charge is 0.172 e. The number of hydrogen-bond donors (Lipinski definition) is 2. The number of thiocarbonyl (C=S) groups is 1. The normalized spacial score (nSPS) is 14.0. The Hall–Kier alpha value is -0.820. The molecule has 4 nitrogen and oxygen atoms in total. The Morgan fingerprint density at radius 2 is 2.18 bits per heavy atom. The maximum Gasteiger partial charge on any atom is 0.172 e. The lowest BCUT2D eigenvalue weighted by molar-refractivity contribution is 0.689. The van der Waals surface area contributed by atoms with E-state index >= 15 is 0 Å². The number of rotatable bonds is 4. The van der Waals surface area contributed by atoms with Crippen LogP contribution < -0.4 is 10.6 Å². The average Bonchev–Trinajstić information content (AvgIpc) is 3.18. The van der Waals surface area contributed by atoms with Crippen molar-refractivity contribution in [1.29, 1.82) is 0 Å². The molecule has 2 aromatic rings. The lowest BCUT2D eigenvalue weighted by Crippen LogP contribution is -2.30. The first-order valence-electron chi connectivity index (χ1n) is 6.75. The van der Waals surface area contributed by atoms with Crippen LogP contribution in [0.2, 0.25) is 10.0 Å². The number of hydrogen-bond acceptors (Lipinski definition) is 2. The molecule has 1 heterocycles. The van der Waals surface area contributed by atoms with E-state index < -0.39 is 0 Å². The summed E-state index contributed by atoms with van der Waals surface area (Å²) in [5.74, 6) is 0.684. The van der Waals surface area contributed by atoms with Gasteiger partial charge < -0.3 is 10.6 Å². The monoisotopic (exact) mass is 418 g/mol. The minimum atomic E-state index is 0.508. The molecular weight excluding hydrogens is 407 g/mol. The van der Waals surface area contributed by atoms with Gasteiger partial charge in [0.2, 0.25) is 0 Å². The molecular formula is C14H13BrCl2N4S. The summed E-state index contributed by atoms with van der Waals surface area (Å²) in [6, 6.07) is 5.95. The molecule has 0 aliphatic heterocycles. The third kappa shape index (κ3) is 4.13. The molecule has 0 saturated heterocycles. The molecule has 1 aliphatic rings. The van der Waals surface area contributed by atoms with Crippen molar-refractivity contribution in [3.8, 4) is 0 Å². The number of halogens is 3. The highest BCUT2D eigenvalue weighted by Gasteiger charge is 2.22. The van der Waals surface area contributed by atoms with E-state index in [1.54, 1.807) is 10.7 Å². The molecule has 116 valence electrons. The third-order valence-electron chi connectivity index (χ3n) is 3.21. The largest absolute Gasteiger partial charge is 0.360 e. The van der Waals surface area contributed by atoms with E-state index in [1.807, 2.05) is 18.3 Å². The zero-order valence-corrected chi connectivity index (χ0v) is 15.4. The first-order chi connectivity index (χ1) is 10.5. The van der Waals surface area contributed by atoms with E-state index in [9.17, 15) is 0 Å². The van der Waals surface area contributed by atoms with Crippen LogP contribution in [0.5, 0.6) is 0 Å². The summed E-state index contributed by atoms with van der Waals surface area (Å²) in [5.41, 5.74) is 0.950. The van der Waals surface area contributed by atoms with Crippen molar-refractivity contribution < 1.29 is 0 Å². The van der Waals surface area contributed by atoms with Gasteiger partial charge in [-0.25, -0.2) is 0 Å². The van der Waals surface area contributed by atoms with Gasteiger partial charge in [0.05, 0.1) is 11.0 Å². The van der Waals surface area contributed by atoms with Crippen molar-refractivity contribution in [3.05, 3.63) is 44.5 Å². The van der Waals surface area contributed by atoms with E-state index in [1.165, 1.54) is 12.8 Å². The van der Waals surface area contributed by atoms with Gasteiger partial charge in [-0.15, -0.1) is 0 Å². The fourth-order valence-electron chi connectivity index (χ4n) is 1.94. The Morgan fingerprint density at radius 1 is 1.41 bits per heavy atom. The second kappa shape index (κ2) is 6.74. The second-order valence-electron chi connectivity index (χ2n) is 5.13. The average molecular weight is 420 g/mol. The molecule has 0 amide bonds. The Labute approximate surface area is 152 Å². The second-order valence-corrected chi connectivity index (χ2v) is 7.24. The lowest BCUT2D eigenvalue weighted by atomic mass is 10.2. The molecule has 0 unspecified atom stereocenters. The van der Waals surface area contributed by atoms with Gasteiger partial charge in [0.25, 0.3) is 0 Å². The maximum absolute atomic E-state index is 6.19. The van der Waals surface area contributed by atoms with Crippen molar-refractivity contribution >= 4 is 62.3 Å². The number of anilines is 1. The predicted molar refractivity (Wildman–Crippen MR) is 97.9 cm³/mol. The lowest BCUT2D eigenvalue weighted by Gasteiger charge is -2.07. The van der Waals surface area contributed by atoms with E-state index in [0.717, 1.165) is 10.0 Å². The molecule has 0 bridgehead atoms. The van der Waals surface area contributed by atoms with Crippen molar-refractivity contribution in [2.24, 2.45) is 0 Å². The van der Waals surface area contributed by atoms with Gasteiger partial charge in [0.15, 0.2) is 10.9 Å². The summed E-state index contributed by atoms with van der Waals surface area (Å²) >= 11 is 20.8. The zero-order chi connectivity index (χ0) is 15.7. The number of nitrogens with zero attached hydrogens (tertiary/aromatic N) is 2. The van der Waals surface area contributed by atoms with Gasteiger partial charge in [-0.05, 0) is 58.7 Å². The van der Waals surface area contributed by atoms with Crippen LogP contribution in [0.15, 0.2) is 28.9 Å². The highest BCUT2D eigenvalue weighted by molar-refractivity contribution is 9.10. The molecule has 22 heavy (non-hydrogen) atoms. The first-order valence-corrected chi connectivity index (χ1v) is 8.71. The van der Waals surface area contributed by atoms with Gasteiger partial charge in [-0.3, -0.25) is 4.68 Å². The predicted octanol–water partition coefficient (Wildman–Crippen LogP) is 4.45. The molecule has 2 N–H and O–H groups in total. The van der Waals surface area contributed by atoms with Crippen LogP contribution in [0.3, 0.4) is 0 Å². The van der Waals surface area contributed by atoms with E-state index in [4.69, 9.17) is 35.4 Å². The van der Waals surface area contributed by atoms with Crippen LogP contribution in [0.25, 0.3) is 0 Å². The Kier molecular flexibility index (Phi) is 4.92. The highest BCUT2D eigenvalue weighted by atomic mass is 79.9. The summed E-state index contributed by atoms with van der Waals surface area (Å²) in [6.45, 7) is 0.555. The summed E-state index contributed by atoms with van der Waals surface area (Å²) in [7, 11) is 0. The van der Waals surface area contributed by atoms with Crippen molar-refractivity contribution in [2.75, 3.05) is 5.32 Å². The fourth-order valence-corrected chi connectivity index (χ4v) is 3.09. The first kappa shape index (κ1) is 16.1. The SMILES string of the molecule is S=C(Nc1nn(Cc2ccc(Cl)cc2Cl)cc1Br)NC1CC1.